The summed E-state index contributed by atoms with van der Waals surface area (Å²) in [5.74, 6) is 0.964. The number of amides is 1. The van der Waals surface area contributed by atoms with Crippen LogP contribution in [0.25, 0.3) is 0 Å². The zero-order valence-electron chi connectivity index (χ0n) is 16.7. The van der Waals surface area contributed by atoms with Crippen LogP contribution in [0.1, 0.15) is 58.1 Å². The van der Waals surface area contributed by atoms with Crippen LogP contribution in [0, 0.1) is 0 Å². The zero-order valence-corrected chi connectivity index (χ0v) is 18.3. The van der Waals surface area contributed by atoms with Crippen LogP contribution in [0.15, 0.2) is 53.4 Å². The molecule has 1 amide bonds. The summed E-state index contributed by atoms with van der Waals surface area (Å²) in [5, 5.41) is 3.88. The summed E-state index contributed by atoms with van der Waals surface area (Å²) in [6.45, 7) is 6.36. The van der Waals surface area contributed by atoms with Gasteiger partial charge in [0.1, 0.15) is 11.4 Å². The third-order valence-corrected chi connectivity index (χ3v) is 7.19. The monoisotopic (exact) mass is 417 g/mol. The number of carbonyl (C=O) groups is 1. The highest BCUT2D eigenvalue weighted by Crippen LogP contribution is 2.43. The summed E-state index contributed by atoms with van der Waals surface area (Å²) in [6.07, 6.45) is 3.39. The minimum absolute atomic E-state index is 0.0304. The van der Waals surface area contributed by atoms with Gasteiger partial charge in [0.25, 0.3) is 0 Å². The first-order chi connectivity index (χ1) is 13.5. The van der Waals surface area contributed by atoms with E-state index in [-0.39, 0.29) is 22.8 Å². The van der Waals surface area contributed by atoms with Gasteiger partial charge in [-0.1, -0.05) is 50.6 Å². The molecule has 0 radical (unpaired) electrons. The first-order valence-corrected chi connectivity index (χ1v) is 11.3. The van der Waals surface area contributed by atoms with E-state index in [9.17, 15) is 4.79 Å². The standard InChI is InChI=1S/C23H28ClNO2S/c1-4-21(28-17-13-11-16(24)12-14-17)22(26)25-19-15-23(5-2,6-3)27-20-10-8-7-9-18(19)20/h7-14,19,21H,4-6,15H2,1-3H3,(H,25,26). The van der Waals surface area contributed by atoms with Crippen LogP contribution in [-0.2, 0) is 4.79 Å². The van der Waals surface area contributed by atoms with Gasteiger partial charge < -0.3 is 10.1 Å². The molecule has 1 heterocycles. The predicted molar refractivity (Wildman–Crippen MR) is 117 cm³/mol. The van der Waals surface area contributed by atoms with Crippen molar-refractivity contribution in [1.29, 1.82) is 0 Å². The van der Waals surface area contributed by atoms with Gasteiger partial charge in [-0.2, -0.15) is 0 Å². The lowest BCUT2D eigenvalue weighted by Crippen LogP contribution is -2.46. The molecule has 0 aromatic heterocycles. The van der Waals surface area contributed by atoms with Crippen molar-refractivity contribution in [3.8, 4) is 5.75 Å². The van der Waals surface area contributed by atoms with Crippen LogP contribution < -0.4 is 10.1 Å². The molecule has 3 rings (SSSR count). The van der Waals surface area contributed by atoms with Crippen molar-refractivity contribution in [3.63, 3.8) is 0 Å². The van der Waals surface area contributed by atoms with Crippen LogP contribution in [0.3, 0.4) is 0 Å². The van der Waals surface area contributed by atoms with E-state index < -0.39 is 0 Å². The van der Waals surface area contributed by atoms with Gasteiger partial charge in [-0.25, -0.2) is 0 Å². The maximum absolute atomic E-state index is 13.1. The predicted octanol–water partition coefficient (Wildman–Crippen LogP) is 6.41. The number of ether oxygens (including phenoxy) is 1. The summed E-state index contributed by atoms with van der Waals surface area (Å²) in [6, 6.07) is 15.7. The Balaban J connectivity index is 1.78. The Bertz CT molecular complexity index is 805. The van der Waals surface area contributed by atoms with Crippen molar-refractivity contribution in [1.82, 2.24) is 5.32 Å². The minimum Gasteiger partial charge on any atom is -0.487 e. The summed E-state index contributed by atoms with van der Waals surface area (Å²) in [5.41, 5.74) is 0.844. The molecule has 5 heteroatoms. The number of benzene rings is 2. The van der Waals surface area contributed by atoms with Crippen molar-refractivity contribution < 1.29 is 9.53 Å². The molecule has 0 spiro atoms. The van der Waals surface area contributed by atoms with Gasteiger partial charge in [-0.3, -0.25) is 4.79 Å². The Kier molecular flexibility index (Phi) is 6.95. The molecule has 2 atom stereocenters. The largest absolute Gasteiger partial charge is 0.487 e. The molecule has 1 N–H and O–H groups in total. The third kappa shape index (κ3) is 4.66. The highest BCUT2D eigenvalue weighted by atomic mass is 35.5. The Morgan fingerprint density at radius 1 is 1.18 bits per heavy atom. The lowest BCUT2D eigenvalue weighted by molar-refractivity contribution is -0.122. The smallest absolute Gasteiger partial charge is 0.233 e. The number of halogens is 1. The zero-order chi connectivity index (χ0) is 20.1. The topological polar surface area (TPSA) is 38.3 Å². The number of nitrogens with one attached hydrogen (secondary N) is 1. The van der Waals surface area contributed by atoms with Gasteiger partial charge in [0, 0.05) is 21.9 Å². The number of carbonyl (C=O) groups excluding carboxylic acids is 1. The van der Waals surface area contributed by atoms with E-state index in [1.807, 2.05) is 49.4 Å². The Hall–Kier alpha value is -1.65. The molecule has 0 saturated heterocycles. The van der Waals surface area contributed by atoms with Gasteiger partial charge >= 0.3 is 0 Å². The van der Waals surface area contributed by atoms with Gasteiger partial charge in [0.15, 0.2) is 0 Å². The average molecular weight is 418 g/mol. The van der Waals surface area contributed by atoms with Crippen LogP contribution in [0.2, 0.25) is 5.02 Å². The molecule has 0 saturated carbocycles. The Morgan fingerprint density at radius 2 is 1.86 bits per heavy atom. The van der Waals surface area contributed by atoms with Crippen molar-refractivity contribution in [3.05, 3.63) is 59.1 Å². The second-order valence-corrected chi connectivity index (χ2v) is 8.98. The minimum atomic E-state index is -0.225. The number of thioether (sulfide) groups is 1. The SMILES string of the molecule is CCC(Sc1ccc(Cl)cc1)C(=O)NC1CC(CC)(CC)Oc2ccccc21. The van der Waals surface area contributed by atoms with E-state index in [1.54, 1.807) is 11.8 Å². The number of rotatable bonds is 7. The maximum atomic E-state index is 13.1. The lowest BCUT2D eigenvalue weighted by Gasteiger charge is -2.42. The number of hydrogen-bond acceptors (Lipinski definition) is 3. The van der Waals surface area contributed by atoms with Crippen molar-refractivity contribution >= 4 is 29.3 Å². The first-order valence-electron chi connectivity index (χ1n) is 10.0. The second kappa shape index (κ2) is 9.23. The average Bonchev–Trinajstić information content (AvgIpc) is 2.73. The van der Waals surface area contributed by atoms with Crippen molar-refractivity contribution in [2.45, 2.75) is 68.2 Å². The molecule has 150 valence electrons. The first kappa shape index (κ1) is 21.1. The van der Waals surface area contributed by atoms with Crippen LogP contribution >= 0.6 is 23.4 Å². The van der Waals surface area contributed by atoms with E-state index in [2.05, 4.69) is 25.2 Å². The lowest BCUT2D eigenvalue weighted by atomic mass is 9.83. The normalized spacial score (nSPS) is 18.6. The summed E-state index contributed by atoms with van der Waals surface area (Å²) in [7, 11) is 0. The Morgan fingerprint density at radius 3 is 2.50 bits per heavy atom. The van der Waals surface area contributed by atoms with Crippen LogP contribution in [-0.4, -0.2) is 16.8 Å². The van der Waals surface area contributed by atoms with E-state index in [0.717, 1.165) is 41.9 Å². The van der Waals surface area contributed by atoms with Crippen molar-refractivity contribution in [2.24, 2.45) is 0 Å². The fraction of sp³-hybridized carbons (Fsp3) is 0.435. The molecule has 2 aromatic rings. The maximum Gasteiger partial charge on any atom is 0.233 e. The van der Waals surface area contributed by atoms with Gasteiger partial charge in [-0.15, -0.1) is 11.8 Å². The molecule has 28 heavy (non-hydrogen) atoms. The molecule has 2 aromatic carbocycles. The highest BCUT2D eigenvalue weighted by molar-refractivity contribution is 8.00. The molecule has 3 nitrogen and oxygen atoms in total. The molecule has 2 unspecified atom stereocenters. The van der Waals surface area contributed by atoms with E-state index in [0.29, 0.717) is 5.02 Å². The fourth-order valence-corrected chi connectivity index (χ4v) is 4.78. The van der Waals surface area contributed by atoms with Crippen molar-refractivity contribution in [2.75, 3.05) is 0 Å². The molecule has 0 bridgehead atoms. The van der Waals surface area contributed by atoms with Gasteiger partial charge in [0.05, 0.1) is 11.3 Å². The number of hydrogen-bond donors (Lipinski definition) is 1. The third-order valence-electron chi connectivity index (χ3n) is 5.56. The van der Waals surface area contributed by atoms with Gasteiger partial charge in [0.2, 0.25) is 5.91 Å². The highest BCUT2D eigenvalue weighted by Gasteiger charge is 2.39. The summed E-state index contributed by atoms with van der Waals surface area (Å²) < 4.78 is 6.35. The molecule has 1 aliphatic rings. The Labute approximate surface area is 177 Å². The molecular weight excluding hydrogens is 390 g/mol. The number of para-hydroxylation sites is 1. The molecule has 0 aliphatic carbocycles. The van der Waals surface area contributed by atoms with E-state index >= 15 is 0 Å². The second-order valence-electron chi connectivity index (χ2n) is 7.26. The number of fused-ring (bicyclic) bond motifs is 1. The van der Waals surface area contributed by atoms with Crippen LogP contribution in [0.5, 0.6) is 5.75 Å². The summed E-state index contributed by atoms with van der Waals surface area (Å²) in [4.78, 5) is 14.2. The molecule has 1 aliphatic heterocycles. The molecule has 0 fully saturated rings. The van der Waals surface area contributed by atoms with E-state index in [1.165, 1.54) is 0 Å². The quantitative estimate of drug-likeness (QED) is 0.529. The van der Waals surface area contributed by atoms with Crippen LogP contribution in [0.4, 0.5) is 0 Å². The van der Waals surface area contributed by atoms with Gasteiger partial charge in [-0.05, 0) is 49.6 Å². The molecular formula is C23H28ClNO2S. The fourth-order valence-electron chi connectivity index (χ4n) is 3.69. The summed E-state index contributed by atoms with van der Waals surface area (Å²) >= 11 is 7.56. The van der Waals surface area contributed by atoms with E-state index in [4.69, 9.17) is 16.3 Å².